The molecule has 0 unspecified atom stereocenters. The van der Waals surface area contributed by atoms with Crippen molar-refractivity contribution in [2.45, 2.75) is 19.3 Å². The Morgan fingerprint density at radius 2 is 1.70 bits per heavy atom. The Bertz CT molecular complexity index is 112. The van der Waals surface area contributed by atoms with Gasteiger partial charge in [-0.1, -0.05) is 12.2 Å². The van der Waals surface area contributed by atoms with Crippen molar-refractivity contribution >= 4 is 58.7 Å². The molecule has 0 aromatic heterocycles. The monoisotopic (exact) mass is 184 g/mol. The molecule has 0 aliphatic carbocycles. The predicted octanol–water partition coefficient (Wildman–Crippen LogP) is 1.31. The number of rotatable bonds is 0. The van der Waals surface area contributed by atoms with Gasteiger partial charge in [-0.15, -0.1) is 12.6 Å². The molecule has 1 saturated heterocycles. The van der Waals surface area contributed by atoms with Crippen LogP contribution in [0, 0.1) is 0 Å². The molecular formula is C6H11NNaS2. The molecule has 0 bridgehead atoms. The van der Waals surface area contributed by atoms with Crippen LogP contribution in [-0.2, 0) is 0 Å². The molecule has 10 heavy (non-hydrogen) atoms. The third-order valence-electron chi connectivity index (χ3n) is 1.63. The van der Waals surface area contributed by atoms with E-state index in [1.54, 1.807) is 0 Å². The number of thiol groups is 1. The summed E-state index contributed by atoms with van der Waals surface area (Å²) in [6.45, 7) is 2.23. The van der Waals surface area contributed by atoms with Gasteiger partial charge in [-0.05, 0) is 19.3 Å². The molecule has 0 saturated carbocycles. The van der Waals surface area contributed by atoms with Crippen LogP contribution in [0.4, 0.5) is 0 Å². The third kappa shape index (κ3) is 3.58. The minimum Gasteiger partial charge on any atom is -0.358 e. The van der Waals surface area contributed by atoms with Crippen LogP contribution >= 0.6 is 24.8 Å². The summed E-state index contributed by atoms with van der Waals surface area (Å²) in [5, 5.41) is 0. The van der Waals surface area contributed by atoms with E-state index in [0.717, 1.165) is 17.4 Å². The average molecular weight is 184 g/mol. The van der Waals surface area contributed by atoms with Crippen molar-refractivity contribution in [3.8, 4) is 0 Å². The Kier molecular flexibility index (Phi) is 6.56. The quantitative estimate of drug-likeness (QED) is 0.343. The zero-order valence-corrected chi connectivity index (χ0v) is 10.0. The standard InChI is InChI=1S/C6H11NS2.Na/c8-6(9)7-4-2-1-3-5-7;/h1-5H2,(H,8,9);. The Morgan fingerprint density at radius 3 is 2.00 bits per heavy atom. The molecule has 1 rings (SSSR count). The van der Waals surface area contributed by atoms with E-state index >= 15 is 0 Å². The average Bonchev–Trinajstić information content (AvgIpc) is 1.90. The number of hydrogen-bond acceptors (Lipinski definition) is 1. The smallest absolute Gasteiger partial charge is 0.133 e. The summed E-state index contributed by atoms with van der Waals surface area (Å²) in [7, 11) is 0. The van der Waals surface area contributed by atoms with E-state index in [1.165, 1.54) is 19.3 Å². The van der Waals surface area contributed by atoms with Gasteiger partial charge in [0.15, 0.2) is 0 Å². The van der Waals surface area contributed by atoms with E-state index in [2.05, 4.69) is 17.5 Å². The van der Waals surface area contributed by atoms with Gasteiger partial charge < -0.3 is 4.90 Å². The summed E-state index contributed by atoms with van der Waals surface area (Å²) < 4.78 is 0.759. The van der Waals surface area contributed by atoms with Crippen molar-refractivity contribution in [1.29, 1.82) is 0 Å². The van der Waals surface area contributed by atoms with Crippen molar-refractivity contribution in [3.63, 3.8) is 0 Å². The molecule has 1 heterocycles. The largest absolute Gasteiger partial charge is 0.358 e. The zero-order chi connectivity index (χ0) is 6.69. The second kappa shape index (κ2) is 5.84. The van der Waals surface area contributed by atoms with Crippen LogP contribution in [0.15, 0.2) is 0 Å². The van der Waals surface area contributed by atoms with Gasteiger partial charge in [-0.25, -0.2) is 0 Å². The van der Waals surface area contributed by atoms with Gasteiger partial charge in [-0.2, -0.15) is 0 Å². The molecule has 53 valence electrons. The van der Waals surface area contributed by atoms with Crippen LogP contribution in [0.25, 0.3) is 0 Å². The number of nitrogens with zero attached hydrogens (tertiary/aromatic N) is 1. The molecule has 0 aromatic carbocycles. The van der Waals surface area contributed by atoms with Gasteiger partial charge in [0.1, 0.15) is 4.32 Å². The number of likely N-dealkylation sites (tertiary alicyclic amines) is 1. The molecule has 0 atom stereocenters. The van der Waals surface area contributed by atoms with Gasteiger partial charge in [0.2, 0.25) is 0 Å². The van der Waals surface area contributed by atoms with Crippen LogP contribution in [0.2, 0.25) is 0 Å². The van der Waals surface area contributed by atoms with Crippen molar-refractivity contribution in [2.24, 2.45) is 0 Å². The first-order valence-electron chi connectivity index (χ1n) is 3.28. The van der Waals surface area contributed by atoms with E-state index < -0.39 is 0 Å². The zero-order valence-electron chi connectivity index (χ0n) is 6.34. The van der Waals surface area contributed by atoms with E-state index in [9.17, 15) is 0 Å². The van der Waals surface area contributed by atoms with E-state index in [1.807, 2.05) is 0 Å². The fourth-order valence-corrected chi connectivity index (χ4v) is 1.47. The topological polar surface area (TPSA) is 3.24 Å². The second-order valence-electron chi connectivity index (χ2n) is 2.33. The molecule has 1 fully saturated rings. The maximum Gasteiger partial charge on any atom is 0.133 e. The molecule has 1 radical (unpaired) electrons. The summed E-state index contributed by atoms with van der Waals surface area (Å²) in [6, 6.07) is 0. The van der Waals surface area contributed by atoms with Crippen molar-refractivity contribution in [3.05, 3.63) is 0 Å². The first-order valence-corrected chi connectivity index (χ1v) is 4.14. The molecule has 0 N–H and O–H groups in total. The second-order valence-corrected chi connectivity index (χ2v) is 3.44. The van der Waals surface area contributed by atoms with Crippen molar-refractivity contribution in [2.75, 3.05) is 13.1 Å². The molecule has 1 aliphatic rings. The SMILES string of the molecule is S=C(S)N1CCCCC1.[Na]. The molecule has 1 nitrogen and oxygen atoms in total. The van der Waals surface area contributed by atoms with Crippen LogP contribution in [0.3, 0.4) is 0 Å². The van der Waals surface area contributed by atoms with Gasteiger partial charge in [0.25, 0.3) is 0 Å². The van der Waals surface area contributed by atoms with Crippen LogP contribution < -0.4 is 0 Å². The first-order chi connectivity index (χ1) is 4.30. The Balaban J connectivity index is 0.000000810. The maximum absolute atomic E-state index is 4.91. The van der Waals surface area contributed by atoms with Gasteiger partial charge in [0, 0.05) is 42.6 Å². The van der Waals surface area contributed by atoms with E-state index in [4.69, 9.17) is 12.2 Å². The predicted molar refractivity (Wildman–Crippen MR) is 52.8 cm³/mol. The number of hydrogen-bond donors (Lipinski definition) is 1. The van der Waals surface area contributed by atoms with Gasteiger partial charge in [-0.3, -0.25) is 0 Å². The Hall–Kier alpha value is 1.24. The Labute approximate surface area is 95.2 Å². The molecule has 4 heteroatoms. The minimum absolute atomic E-state index is 0. The fraction of sp³-hybridized carbons (Fsp3) is 0.833. The molecule has 1 aliphatic heterocycles. The first kappa shape index (κ1) is 11.2. The van der Waals surface area contributed by atoms with Crippen molar-refractivity contribution < 1.29 is 0 Å². The molecule has 0 spiro atoms. The number of thiocarbonyl (C=S) groups is 1. The van der Waals surface area contributed by atoms with E-state index in [0.29, 0.717) is 0 Å². The van der Waals surface area contributed by atoms with Gasteiger partial charge in [0.05, 0.1) is 0 Å². The summed E-state index contributed by atoms with van der Waals surface area (Å²) in [5.41, 5.74) is 0. The van der Waals surface area contributed by atoms with Crippen LogP contribution in [0.1, 0.15) is 19.3 Å². The summed E-state index contributed by atoms with van der Waals surface area (Å²) in [6.07, 6.45) is 3.91. The summed E-state index contributed by atoms with van der Waals surface area (Å²) >= 11 is 9.00. The van der Waals surface area contributed by atoms with Crippen LogP contribution in [-0.4, -0.2) is 51.9 Å². The fourth-order valence-electron chi connectivity index (χ4n) is 1.09. The maximum atomic E-state index is 4.91. The summed E-state index contributed by atoms with van der Waals surface area (Å²) in [5.74, 6) is 0. The molecular weight excluding hydrogens is 173 g/mol. The normalized spacial score (nSPS) is 17.9. The molecule has 0 amide bonds. The van der Waals surface area contributed by atoms with Crippen LogP contribution in [0.5, 0.6) is 0 Å². The van der Waals surface area contributed by atoms with Gasteiger partial charge >= 0.3 is 0 Å². The number of piperidine rings is 1. The minimum atomic E-state index is 0. The summed E-state index contributed by atoms with van der Waals surface area (Å²) in [4.78, 5) is 2.15. The van der Waals surface area contributed by atoms with E-state index in [-0.39, 0.29) is 29.6 Å². The molecule has 0 aromatic rings. The Morgan fingerprint density at radius 1 is 1.20 bits per heavy atom. The third-order valence-corrected chi connectivity index (χ3v) is 2.17. The van der Waals surface area contributed by atoms with Crippen molar-refractivity contribution in [1.82, 2.24) is 4.90 Å².